The Morgan fingerprint density at radius 3 is 2.65 bits per heavy atom. The van der Waals surface area contributed by atoms with Gasteiger partial charge >= 0.3 is 0 Å². The lowest BCUT2D eigenvalue weighted by molar-refractivity contribution is 0.449. The van der Waals surface area contributed by atoms with E-state index in [-0.39, 0.29) is 0 Å². The van der Waals surface area contributed by atoms with Gasteiger partial charge < -0.3 is 5.73 Å². The van der Waals surface area contributed by atoms with Crippen LogP contribution in [0.15, 0.2) is 6.07 Å². The van der Waals surface area contributed by atoms with E-state index in [1.165, 1.54) is 4.31 Å². The van der Waals surface area contributed by atoms with Gasteiger partial charge in [-0.2, -0.15) is 17.8 Å². The minimum Gasteiger partial charge on any atom is -0.330 e. The lowest BCUT2D eigenvalue weighted by Crippen LogP contribution is -2.39. The SMILES string of the molecule is Cc1cc(C)n(CCCNS(=O)(=O)N(C)CCCN)n1. The average Bonchev–Trinajstić information content (AvgIpc) is 2.70. The highest BCUT2D eigenvalue weighted by Gasteiger charge is 2.15. The van der Waals surface area contributed by atoms with Crippen LogP contribution >= 0.6 is 0 Å². The number of rotatable bonds is 9. The summed E-state index contributed by atoms with van der Waals surface area (Å²) in [5.74, 6) is 0. The summed E-state index contributed by atoms with van der Waals surface area (Å²) in [6.07, 6.45) is 1.36. The van der Waals surface area contributed by atoms with Crippen LogP contribution in [0.2, 0.25) is 0 Å². The summed E-state index contributed by atoms with van der Waals surface area (Å²) in [6, 6.07) is 2.00. The van der Waals surface area contributed by atoms with Crippen molar-refractivity contribution >= 4 is 10.2 Å². The van der Waals surface area contributed by atoms with Gasteiger partial charge in [-0.25, -0.2) is 4.72 Å². The van der Waals surface area contributed by atoms with Crippen molar-refractivity contribution in [2.24, 2.45) is 5.73 Å². The van der Waals surface area contributed by atoms with Crippen LogP contribution in [0.25, 0.3) is 0 Å². The molecular weight excluding hydrogens is 278 g/mol. The van der Waals surface area contributed by atoms with Gasteiger partial charge in [-0.1, -0.05) is 0 Å². The fourth-order valence-corrected chi connectivity index (χ4v) is 2.87. The van der Waals surface area contributed by atoms with Gasteiger partial charge in [-0.3, -0.25) is 4.68 Å². The summed E-state index contributed by atoms with van der Waals surface area (Å²) in [5.41, 5.74) is 7.44. The molecule has 0 radical (unpaired) electrons. The highest BCUT2D eigenvalue weighted by Crippen LogP contribution is 2.02. The van der Waals surface area contributed by atoms with E-state index < -0.39 is 10.2 Å². The van der Waals surface area contributed by atoms with Crippen molar-refractivity contribution in [3.05, 3.63) is 17.5 Å². The molecule has 8 heteroatoms. The first-order chi connectivity index (χ1) is 9.36. The Hall–Kier alpha value is -0.960. The first-order valence-corrected chi connectivity index (χ1v) is 8.23. The summed E-state index contributed by atoms with van der Waals surface area (Å²) in [5, 5.41) is 4.33. The van der Waals surface area contributed by atoms with Gasteiger partial charge in [-0.05, 0) is 39.3 Å². The van der Waals surface area contributed by atoms with Crippen molar-refractivity contribution in [1.82, 2.24) is 18.8 Å². The fourth-order valence-electron chi connectivity index (χ4n) is 1.88. The molecule has 0 unspecified atom stereocenters. The van der Waals surface area contributed by atoms with Crippen molar-refractivity contribution in [3.8, 4) is 0 Å². The summed E-state index contributed by atoms with van der Waals surface area (Å²) in [4.78, 5) is 0. The molecule has 7 nitrogen and oxygen atoms in total. The topological polar surface area (TPSA) is 93.2 Å². The lowest BCUT2D eigenvalue weighted by atomic mass is 10.4. The maximum absolute atomic E-state index is 11.9. The van der Waals surface area contributed by atoms with Crippen LogP contribution in [0.3, 0.4) is 0 Å². The van der Waals surface area contributed by atoms with Crippen molar-refractivity contribution in [2.75, 3.05) is 26.7 Å². The molecule has 0 spiro atoms. The molecule has 0 fully saturated rings. The molecule has 0 aromatic carbocycles. The van der Waals surface area contributed by atoms with E-state index in [9.17, 15) is 8.42 Å². The van der Waals surface area contributed by atoms with Crippen LogP contribution in [0.5, 0.6) is 0 Å². The molecule has 0 amide bonds. The van der Waals surface area contributed by atoms with E-state index in [0.29, 0.717) is 39.0 Å². The molecule has 0 atom stereocenters. The molecule has 0 saturated carbocycles. The summed E-state index contributed by atoms with van der Waals surface area (Å²) in [7, 11) is -1.84. The van der Waals surface area contributed by atoms with E-state index in [0.717, 1.165) is 11.4 Å². The second kappa shape index (κ2) is 7.72. The van der Waals surface area contributed by atoms with E-state index in [1.54, 1.807) is 7.05 Å². The normalized spacial score (nSPS) is 12.2. The van der Waals surface area contributed by atoms with Crippen molar-refractivity contribution in [3.63, 3.8) is 0 Å². The standard InChI is InChI=1S/C12H25N5O2S/c1-11-10-12(2)17(15-11)9-5-7-14-20(18,19)16(3)8-4-6-13/h10,14H,4-9,13H2,1-3H3. The van der Waals surface area contributed by atoms with E-state index in [2.05, 4.69) is 9.82 Å². The van der Waals surface area contributed by atoms with Crippen LogP contribution in [0.1, 0.15) is 24.2 Å². The molecule has 20 heavy (non-hydrogen) atoms. The van der Waals surface area contributed by atoms with Crippen LogP contribution in [-0.2, 0) is 16.8 Å². The molecule has 0 saturated heterocycles. The third-order valence-corrected chi connectivity index (χ3v) is 4.59. The molecule has 1 heterocycles. The molecule has 0 bridgehead atoms. The first kappa shape index (κ1) is 17.1. The minimum atomic E-state index is -3.39. The Kier molecular flexibility index (Phi) is 6.60. The third-order valence-electron chi connectivity index (χ3n) is 3.02. The second-order valence-corrected chi connectivity index (χ2v) is 6.73. The van der Waals surface area contributed by atoms with Crippen molar-refractivity contribution in [1.29, 1.82) is 0 Å². The molecule has 1 aromatic rings. The number of nitrogens with two attached hydrogens (primary N) is 1. The van der Waals surface area contributed by atoms with Crippen molar-refractivity contribution < 1.29 is 8.42 Å². The number of nitrogens with one attached hydrogen (secondary N) is 1. The number of aromatic nitrogens is 2. The number of hydrogen-bond donors (Lipinski definition) is 2. The largest absolute Gasteiger partial charge is 0.330 e. The van der Waals surface area contributed by atoms with Gasteiger partial charge in [0, 0.05) is 32.4 Å². The van der Waals surface area contributed by atoms with Gasteiger partial charge in [0.1, 0.15) is 0 Å². The van der Waals surface area contributed by atoms with Gasteiger partial charge in [-0.15, -0.1) is 0 Å². The molecular formula is C12H25N5O2S. The van der Waals surface area contributed by atoms with E-state index in [1.807, 2.05) is 24.6 Å². The fraction of sp³-hybridized carbons (Fsp3) is 0.750. The number of hydrogen-bond acceptors (Lipinski definition) is 4. The molecule has 1 rings (SSSR count). The quantitative estimate of drug-likeness (QED) is 0.628. The smallest absolute Gasteiger partial charge is 0.279 e. The molecule has 0 aliphatic carbocycles. The monoisotopic (exact) mass is 303 g/mol. The van der Waals surface area contributed by atoms with Gasteiger partial charge in [0.05, 0.1) is 5.69 Å². The maximum Gasteiger partial charge on any atom is 0.279 e. The Labute approximate surface area is 121 Å². The van der Waals surface area contributed by atoms with Gasteiger partial charge in [0.15, 0.2) is 0 Å². The molecule has 0 aliphatic heterocycles. The minimum absolute atomic E-state index is 0.396. The highest BCUT2D eigenvalue weighted by molar-refractivity contribution is 7.87. The molecule has 0 aliphatic rings. The van der Waals surface area contributed by atoms with Gasteiger partial charge in [0.2, 0.25) is 0 Å². The molecule has 1 aromatic heterocycles. The Balaban J connectivity index is 2.34. The van der Waals surface area contributed by atoms with Crippen LogP contribution in [-0.4, -0.2) is 49.2 Å². The van der Waals surface area contributed by atoms with E-state index >= 15 is 0 Å². The predicted molar refractivity (Wildman–Crippen MR) is 79.5 cm³/mol. The second-order valence-electron chi connectivity index (χ2n) is 4.87. The summed E-state index contributed by atoms with van der Waals surface area (Å²) < 4.78 is 29.5. The lowest BCUT2D eigenvalue weighted by Gasteiger charge is -2.17. The predicted octanol–water partition coefficient (Wildman–Crippen LogP) is 0.00504. The van der Waals surface area contributed by atoms with Crippen molar-refractivity contribution in [2.45, 2.75) is 33.2 Å². The zero-order valence-electron chi connectivity index (χ0n) is 12.5. The summed E-state index contributed by atoms with van der Waals surface area (Å²) in [6.45, 7) is 5.95. The Morgan fingerprint density at radius 1 is 1.40 bits per heavy atom. The van der Waals surface area contributed by atoms with Crippen LogP contribution < -0.4 is 10.5 Å². The Bertz CT molecular complexity index is 512. The van der Waals surface area contributed by atoms with Crippen LogP contribution in [0, 0.1) is 13.8 Å². The third kappa shape index (κ3) is 5.20. The highest BCUT2D eigenvalue weighted by atomic mass is 32.2. The Morgan fingerprint density at radius 2 is 2.10 bits per heavy atom. The zero-order valence-corrected chi connectivity index (χ0v) is 13.3. The molecule has 3 N–H and O–H groups in total. The first-order valence-electron chi connectivity index (χ1n) is 6.79. The zero-order chi connectivity index (χ0) is 15.2. The summed E-state index contributed by atoms with van der Waals surface area (Å²) >= 11 is 0. The van der Waals surface area contributed by atoms with Gasteiger partial charge in [0.25, 0.3) is 10.2 Å². The maximum atomic E-state index is 11.9. The number of aryl methyl sites for hydroxylation is 3. The van der Waals surface area contributed by atoms with E-state index in [4.69, 9.17) is 5.73 Å². The molecule has 116 valence electrons. The average molecular weight is 303 g/mol. The van der Waals surface area contributed by atoms with Crippen LogP contribution in [0.4, 0.5) is 0 Å². The number of nitrogens with zero attached hydrogens (tertiary/aromatic N) is 3.